The van der Waals surface area contributed by atoms with E-state index in [4.69, 9.17) is 4.74 Å². The molecular weight excluding hydrogens is 441 g/mol. The van der Waals surface area contributed by atoms with E-state index in [0.29, 0.717) is 37.6 Å². The van der Waals surface area contributed by atoms with Crippen molar-refractivity contribution in [3.8, 4) is 0 Å². The second-order valence-electron chi connectivity index (χ2n) is 8.12. The van der Waals surface area contributed by atoms with E-state index in [2.05, 4.69) is 10.3 Å². The molecule has 1 aromatic heterocycles. The van der Waals surface area contributed by atoms with Gasteiger partial charge < -0.3 is 19.9 Å². The van der Waals surface area contributed by atoms with Crippen LogP contribution in [-0.4, -0.2) is 73.2 Å². The Morgan fingerprint density at radius 3 is 2.71 bits per heavy atom. The molecule has 3 amide bonds. The highest BCUT2D eigenvalue weighted by Crippen LogP contribution is 2.28. The van der Waals surface area contributed by atoms with Crippen LogP contribution >= 0.6 is 0 Å². The minimum Gasteiger partial charge on any atom is -0.442 e. The molecule has 2 aliphatic heterocycles. The fraction of sp³-hybridized carbons (Fsp3) is 0.333. The molecule has 0 unspecified atom stereocenters. The van der Waals surface area contributed by atoms with Gasteiger partial charge in [-0.1, -0.05) is 6.07 Å². The number of halogens is 1. The Balaban J connectivity index is 1.33. The summed E-state index contributed by atoms with van der Waals surface area (Å²) in [6, 6.07) is 8.30. The van der Waals surface area contributed by atoms with Gasteiger partial charge in [0.1, 0.15) is 11.9 Å². The van der Waals surface area contributed by atoms with Gasteiger partial charge in [0.05, 0.1) is 24.5 Å². The van der Waals surface area contributed by atoms with Crippen molar-refractivity contribution < 1.29 is 23.5 Å². The number of hydrogen-bond acceptors (Lipinski definition) is 6. The van der Waals surface area contributed by atoms with Gasteiger partial charge in [-0.05, 0) is 35.9 Å². The summed E-state index contributed by atoms with van der Waals surface area (Å²) in [5.74, 6) is -0.760. The first-order valence-electron chi connectivity index (χ1n) is 11.0. The van der Waals surface area contributed by atoms with Crippen LogP contribution in [0.5, 0.6) is 0 Å². The lowest BCUT2D eigenvalue weighted by atomic mass is 10.2. The van der Waals surface area contributed by atoms with Crippen molar-refractivity contribution in [3.05, 3.63) is 60.2 Å². The summed E-state index contributed by atoms with van der Waals surface area (Å²) in [5, 5.41) is 2.61. The van der Waals surface area contributed by atoms with Crippen LogP contribution in [0.2, 0.25) is 0 Å². The number of benzene rings is 1. The van der Waals surface area contributed by atoms with Crippen LogP contribution in [0.3, 0.4) is 0 Å². The molecule has 0 bridgehead atoms. The van der Waals surface area contributed by atoms with E-state index in [1.54, 1.807) is 41.6 Å². The predicted molar refractivity (Wildman–Crippen MR) is 125 cm³/mol. The van der Waals surface area contributed by atoms with Crippen LogP contribution in [0.25, 0.3) is 6.08 Å². The highest BCUT2D eigenvalue weighted by atomic mass is 19.1. The Morgan fingerprint density at radius 2 is 2.03 bits per heavy atom. The van der Waals surface area contributed by atoms with E-state index < -0.39 is 18.0 Å². The topological polar surface area (TPSA) is 95.1 Å². The summed E-state index contributed by atoms with van der Waals surface area (Å²) in [6.45, 7) is 3.75. The largest absolute Gasteiger partial charge is 0.442 e. The second kappa shape index (κ2) is 10.3. The number of amides is 3. The molecule has 10 heteroatoms. The number of rotatable bonds is 6. The molecule has 178 valence electrons. The second-order valence-corrected chi connectivity index (χ2v) is 8.12. The number of hydrogen-bond donors (Lipinski definition) is 1. The smallest absolute Gasteiger partial charge is 0.414 e. The maximum Gasteiger partial charge on any atom is 0.414 e. The molecule has 34 heavy (non-hydrogen) atoms. The highest BCUT2D eigenvalue weighted by molar-refractivity contribution is 5.92. The number of carbonyl (C=O) groups excluding carboxylic acids is 3. The quantitative estimate of drug-likeness (QED) is 0.654. The monoisotopic (exact) mass is 467 g/mol. The molecule has 0 saturated carbocycles. The minimum absolute atomic E-state index is 0.0966. The molecule has 1 aromatic carbocycles. The molecular formula is C24H26FN5O4. The summed E-state index contributed by atoms with van der Waals surface area (Å²) in [6.07, 6.45) is 5.54. The Morgan fingerprint density at radius 1 is 1.24 bits per heavy atom. The predicted octanol–water partition coefficient (Wildman–Crippen LogP) is 2.04. The third-order valence-corrected chi connectivity index (χ3v) is 5.73. The molecule has 2 fully saturated rings. The number of ether oxygens (including phenoxy) is 1. The standard InChI is InChI=1S/C24H26FN5O4/c1-17(31)27-15-20-16-30(24(33)34-20)19-5-6-22(21(25)13-19)28-9-11-29(12-10-28)23(32)7-4-18-3-2-8-26-14-18/h2-8,13-14,20H,9-12,15-16H2,1H3,(H,27,31)/t20-/m0/s1. The van der Waals surface area contributed by atoms with Gasteiger partial charge in [0.25, 0.3) is 0 Å². The van der Waals surface area contributed by atoms with E-state index in [1.807, 2.05) is 11.0 Å². The Hall–Kier alpha value is -3.95. The highest BCUT2D eigenvalue weighted by Gasteiger charge is 2.33. The number of cyclic esters (lactones) is 1. The number of pyridine rings is 1. The van der Waals surface area contributed by atoms with Crippen LogP contribution in [0.1, 0.15) is 12.5 Å². The number of carbonyl (C=O) groups is 3. The average molecular weight is 468 g/mol. The van der Waals surface area contributed by atoms with Crippen molar-refractivity contribution in [2.24, 2.45) is 0 Å². The molecule has 9 nitrogen and oxygen atoms in total. The van der Waals surface area contributed by atoms with Crippen molar-refractivity contribution >= 4 is 35.4 Å². The van der Waals surface area contributed by atoms with Crippen molar-refractivity contribution in [1.82, 2.24) is 15.2 Å². The van der Waals surface area contributed by atoms with Gasteiger partial charge >= 0.3 is 6.09 Å². The molecule has 0 spiro atoms. The van der Waals surface area contributed by atoms with Crippen molar-refractivity contribution in [1.29, 1.82) is 0 Å². The van der Waals surface area contributed by atoms with Crippen molar-refractivity contribution in [2.75, 3.05) is 49.1 Å². The van der Waals surface area contributed by atoms with Crippen LogP contribution in [-0.2, 0) is 14.3 Å². The third-order valence-electron chi connectivity index (χ3n) is 5.73. The summed E-state index contributed by atoms with van der Waals surface area (Å²) in [5.41, 5.74) is 1.66. The lowest BCUT2D eigenvalue weighted by molar-refractivity contribution is -0.126. The minimum atomic E-state index is -0.575. The van der Waals surface area contributed by atoms with Crippen LogP contribution < -0.4 is 15.1 Å². The first-order valence-corrected chi connectivity index (χ1v) is 11.0. The summed E-state index contributed by atoms with van der Waals surface area (Å²) in [4.78, 5) is 44.7. The van der Waals surface area contributed by atoms with Gasteiger partial charge in [-0.15, -0.1) is 0 Å². The fourth-order valence-corrected chi connectivity index (χ4v) is 3.93. The van der Waals surface area contributed by atoms with Crippen LogP contribution in [0.4, 0.5) is 20.6 Å². The molecule has 0 radical (unpaired) electrons. The molecule has 1 N–H and O–H groups in total. The zero-order valence-corrected chi connectivity index (χ0v) is 18.8. The Labute approximate surface area is 196 Å². The number of piperazine rings is 1. The van der Waals surface area contributed by atoms with E-state index in [1.165, 1.54) is 24.0 Å². The normalized spacial score (nSPS) is 18.4. The molecule has 0 aliphatic carbocycles. The van der Waals surface area contributed by atoms with Crippen molar-refractivity contribution in [3.63, 3.8) is 0 Å². The van der Waals surface area contributed by atoms with E-state index in [0.717, 1.165) is 5.56 Å². The zero-order chi connectivity index (χ0) is 24.1. The average Bonchev–Trinajstić information content (AvgIpc) is 3.22. The summed E-state index contributed by atoms with van der Waals surface area (Å²) < 4.78 is 20.2. The zero-order valence-electron chi connectivity index (χ0n) is 18.8. The Kier molecular flexibility index (Phi) is 7.05. The van der Waals surface area contributed by atoms with Gasteiger partial charge in [0.2, 0.25) is 11.8 Å². The lowest BCUT2D eigenvalue weighted by Crippen LogP contribution is -2.48. The van der Waals surface area contributed by atoms with Gasteiger partial charge in [0.15, 0.2) is 0 Å². The maximum absolute atomic E-state index is 15.0. The number of anilines is 2. The van der Waals surface area contributed by atoms with Crippen LogP contribution in [0, 0.1) is 5.82 Å². The maximum atomic E-state index is 15.0. The van der Waals surface area contributed by atoms with E-state index >= 15 is 0 Å². The van der Waals surface area contributed by atoms with E-state index in [9.17, 15) is 18.8 Å². The SMILES string of the molecule is CC(=O)NC[C@H]1CN(c2ccc(N3CCN(C(=O)C=Cc4cccnc4)CC3)c(F)c2)C(=O)O1. The molecule has 2 aromatic rings. The van der Waals surface area contributed by atoms with Gasteiger partial charge in [-0.3, -0.25) is 19.5 Å². The van der Waals surface area contributed by atoms with Crippen LogP contribution in [0.15, 0.2) is 48.8 Å². The van der Waals surface area contributed by atoms with Crippen molar-refractivity contribution in [2.45, 2.75) is 13.0 Å². The molecule has 3 heterocycles. The Bertz CT molecular complexity index is 1090. The summed E-state index contributed by atoms with van der Waals surface area (Å²) >= 11 is 0. The number of aromatic nitrogens is 1. The number of nitrogens with one attached hydrogen (secondary N) is 1. The number of nitrogens with zero attached hydrogens (tertiary/aromatic N) is 4. The van der Waals surface area contributed by atoms with Gasteiger partial charge in [-0.25, -0.2) is 9.18 Å². The molecule has 2 aliphatic rings. The first kappa shape index (κ1) is 23.2. The first-order chi connectivity index (χ1) is 16.4. The van der Waals surface area contributed by atoms with Gasteiger partial charge in [-0.2, -0.15) is 0 Å². The van der Waals surface area contributed by atoms with E-state index in [-0.39, 0.29) is 24.9 Å². The third kappa shape index (κ3) is 5.51. The lowest BCUT2D eigenvalue weighted by Gasteiger charge is -2.36. The molecule has 4 rings (SSSR count). The molecule has 1 atom stereocenters. The van der Waals surface area contributed by atoms with Gasteiger partial charge in [0, 0.05) is 51.6 Å². The summed E-state index contributed by atoms with van der Waals surface area (Å²) in [7, 11) is 0. The molecule has 2 saturated heterocycles. The fourth-order valence-electron chi connectivity index (χ4n) is 3.93.